The van der Waals surface area contributed by atoms with Crippen LogP contribution in [-0.4, -0.2) is 9.55 Å². The summed E-state index contributed by atoms with van der Waals surface area (Å²) in [5.74, 6) is 0.436. The first kappa shape index (κ1) is 13.6. The average Bonchev–Trinajstić information content (AvgIpc) is 2.71. The molecule has 0 atom stereocenters. The lowest BCUT2D eigenvalue weighted by Gasteiger charge is -2.14. The number of imidazole rings is 1. The summed E-state index contributed by atoms with van der Waals surface area (Å²) < 4.78 is 4.01. The molecule has 2 rings (SSSR count). The second kappa shape index (κ2) is 5.41. The van der Waals surface area contributed by atoms with Crippen LogP contribution in [0.3, 0.4) is 0 Å². The van der Waals surface area contributed by atoms with Crippen LogP contribution in [0, 0.1) is 4.77 Å². The summed E-state index contributed by atoms with van der Waals surface area (Å²) in [6.07, 6.45) is 2.99. The number of aromatic nitrogens is 2. The zero-order valence-corrected chi connectivity index (χ0v) is 13.2. The molecule has 18 heavy (non-hydrogen) atoms. The highest BCUT2D eigenvalue weighted by molar-refractivity contribution is 9.10. The fourth-order valence-corrected chi connectivity index (χ4v) is 2.78. The maximum Gasteiger partial charge on any atom is 0.182 e. The third kappa shape index (κ3) is 2.45. The molecule has 2 aromatic rings. The highest BCUT2D eigenvalue weighted by Crippen LogP contribution is 2.25. The van der Waals surface area contributed by atoms with E-state index in [1.54, 1.807) is 0 Å². The maximum atomic E-state index is 5.41. The zero-order chi connectivity index (χ0) is 13.3. The Morgan fingerprint density at radius 3 is 2.72 bits per heavy atom. The normalized spacial score (nSPS) is 11.2. The molecule has 0 aliphatic carbocycles. The van der Waals surface area contributed by atoms with Gasteiger partial charge in [-0.3, -0.25) is 4.57 Å². The average molecular weight is 325 g/mol. The van der Waals surface area contributed by atoms with Crippen molar-refractivity contribution >= 4 is 28.1 Å². The third-order valence-electron chi connectivity index (χ3n) is 3.06. The second-order valence-electron chi connectivity index (χ2n) is 4.64. The largest absolute Gasteiger partial charge is 0.337 e. The minimum absolute atomic E-state index is 0.436. The zero-order valence-electron chi connectivity index (χ0n) is 10.8. The molecule has 0 saturated heterocycles. The molecule has 0 unspecified atom stereocenters. The van der Waals surface area contributed by atoms with Crippen molar-refractivity contribution in [3.63, 3.8) is 0 Å². The molecule has 0 bridgehead atoms. The molecule has 1 aromatic carbocycles. The molecule has 1 heterocycles. The number of rotatable bonds is 3. The third-order valence-corrected chi connectivity index (χ3v) is 3.85. The van der Waals surface area contributed by atoms with Crippen molar-refractivity contribution in [1.82, 2.24) is 9.55 Å². The van der Waals surface area contributed by atoms with Gasteiger partial charge in [0.25, 0.3) is 0 Å². The summed E-state index contributed by atoms with van der Waals surface area (Å²) in [5.41, 5.74) is 3.69. The minimum atomic E-state index is 0.436. The second-order valence-corrected chi connectivity index (χ2v) is 5.94. The first-order chi connectivity index (χ1) is 8.54. The van der Waals surface area contributed by atoms with Gasteiger partial charge in [0.1, 0.15) is 0 Å². The molecule has 0 radical (unpaired) electrons. The van der Waals surface area contributed by atoms with Crippen LogP contribution in [0.15, 0.2) is 28.9 Å². The summed E-state index contributed by atoms with van der Waals surface area (Å²) in [7, 11) is 0. The Morgan fingerprint density at radius 1 is 1.39 bits per heavy atom. The van der Waals surface area contributed by atoms with Crippen molar-refractivity contribution < 1.29 is 0 Å². The van der Waals surface area contributed by atoms with E-state index in [9.17, 15) is 0 Å². The van der Waals surface area contributed by atoms with Gasteiger partial charge in [0.05, 0.1) is 5.69 Å². The molecule has 2 nitrogen and oxygen atoms in total. The van der Waals surface area contributed by atoms with Crippen LogP contribution >= 0.6 is 28.1 Å². The summed E-state index contributed by atoms with van der Waals surface area (Å²) in [5, 5.41) is 0. The van der Waals surface area contributed by atoms with Gasteiger partial charge in [0.2, 0.25) is 0 Å². The molecule has 1 aromatic heterocycles. The predicted molar refractivity (Wildman–Crippen MR) is 82.1 cm³/mol. The number of aryl methyl sites for hydroxylation is 1. The van der Waals surface area contributed by atoms with E-state index in [1.165, 1.54) is 16.9 Å². The van der Waals surface area contributed by atoms with Crippen molar-refractivity contribution in [2.24, 2.45) is 0 Å². The predicted octanol–water partition coefficient (Wildman–Crippen LogP) is 4.98. The smallest absolute Gasteiger partial charge is 0.182 e. The molecule has 4 heteroatoms. The minimum Gasteiger partial charge on any atom is -0.337 e. The lowest BCUT2D eigenvalue weighted by atomic mass is 10.1. The molecule has 1 N–H and O–H groups in total. The van der Waals surface area contributed by atoms with E-state index in [-0.39, 0.29) is 0 Å². The molecule has 0 saturated carbocycles. The molecule has 0 fully saturated rings. The number of hydrogen-bond acceptors (Lipinski definition) is 1. The summed E-state index contributed by atoms with van der Waals surface area (Å²) in [4.78, 5) is 3.15. The van der Waals surface area contributed by atoms with Gasteiger partial charge in [-0.25, -0.2) is 0 Å². The van der Waals surface area contributed by atoms with Gasteiger partial charge in [-0.05, 0) is 48.3 Å². The number of H-pyrrole nitrogens is 1. The highest BCUT2D eigenvalue weighted by atomic mass is 79.9. The first-order valence-corrected chi connectivity index (χ1v) is 7.33. The molecule has 0 aliphatic heterocycles. The van der Waals surface area contributed by atoms with E-state index >= 15 is 0 Å². The molecule has 0 spiro atoms. The summed E-state index contributed by atoms with van der Waals surface area (Å²) >= 11 is 8.93. The Bertz CT molecular complexity index is 610. The standard InChI is InChI=1S/C14H17BrN2S/c1-4-10-7-11(15)5-6-12(10)17-13(9(2)3)8-16-14(17)18/h5-9H,4H2,1-3H3,(H,16,18). The Labute approximate surface area is 121 Å². The fourth-order valence-electron chi connectivity index (χ4n) is 2.11. The fraction of sp³-hybridized carbons (Fsp3) is 0.357. The van der Waals surface area contributed by atoms with Crippen LogP contribution in [0.1, 0.15) is 37.9 Å². The van der Waals surface area contributed by atoms with Crippen LogP contribution in [0.5, 0.6) is 0 Å². The van der Waals surface area contributed by atoms with Crippen LogP contribution in [0.25, 0.3) is 5.69 Å². The van der Waals surface area contributed by atoms with Crippen molar-refractivity contribution in [1.29, 1.82) is 0 Å². The lowest BCUT2D eigenvalue weighted by molar-refractivity contribution is 0.779. The lowest BCUT2D eigenvalue weighted by Crippen LogP contribution is -2.05. The van der Waals surface area contributed by atoms with Gasteiger partial charge in [0.15, 0.2) is 4.77 Å². The molecule has 0 aliphatic rings. The quantitative estimate of drug-likeness (QED) is 0.789. The van der Waals surface area contributed by atoms with E-state index in [0.29, 0.717) is 5.92 Å². The number of aromatic amines is 1. The van der Waals surface area contributed by atoms with Gasteiger partial charge in [-0.15, -0.1) is 0 Å². The number of nitrogens with zero attached hydrogens (tertiary/aromatic N) is 1. The van der Waals surface area contributed by atoms with Crippen LogP contribution in [0.2, 0.25) is 0 Å². The van der Waals surface area contributed by atoms with E-state index in [1.807, 2.05) is 6.20 Å². The Kier molecular flexibility index (Phi) is 4.07. The Balaban J connectivity index is 2.69. The molecular formula is C14H17BrN2S. The summed E-state index contributed by atoms with van der Waals surface area (Å²) in [6, 6.07) is 6.35. The molecule has 96 valence electrons. The number of halogens is 1. The van der Waals surface area contributed by atoms with Crippen LogP contribution in [0.4, 0.5) is 0 Å². The highest BCUT2D eigenvalue weighted by Gasteiger charge is 2.12. The number of benzene rings is 1. The van der Waals surface area contributed by atoms with Crippen molar-refractivity contribution in [3.05, 3.63) is 44.9 Å². The number of hydrogen-bond donors (Lipinski definition) is 1. The van der Waals surface area contributed by atoms with Gasteiger partial charge < -0.3 is 4.98 Å². The first-order valence-electron chi connectivity index (χ1n) is 6.13. The van der Waals surface area contributed by atoms with Gasteiger partial charge in [0, 0.05) is 16.4 Å². The SMILES string of the molecule is CCc1cc(Br)ccc1-n1c(C(C)C)c[nH]c1=S. The molecule has 0 amide bonds. The van der Waals surface area contributed by atoms with E-state index < -0.39 is 0 Å². The Morgan fingerprint density at radius 2 is 2.11 bits per heavy atom. The Hall–Kier alpha value is -0.870. The van der Waals surface area contributed by atoms with Crippen molar-refractivity contribution in [2.75, 3.05) is 0 Å². The molecular weight excluding hydrogens is 308 g/mol. The van der Waals surface area contributed by atoms with Crippen LogP contribution in [-0.2, 0) is 6.42 Å². The van der Waals surface area contributed by atoms with E-state index in [4.69, 9.17) is 12.2 Å². The van der Waals surface area contributed by atoms with Gasteiger partial charge in [-0.2, -0.15) is 0 Å². The van der Waals surface area contributed by atoms with E-state index in [0.717, 1.165) is 15.7 Å². The monoisotopic (exact) mass is 324 g/mol. The van der Waals surface area contributed by atoms with Gasteiger partial charge >= 0.3 is 0 Å². The van der Waals surface area contributed by atoms with Crippen molar-refractivity contribution in [3.8, 4) is 5.69 Å². The van der Waals surface area contributed by atoms with Gasteiger partial charge in [-0.1, -0.05) is 36.7 Å². The number of nitrogens with one attached hydrogen (secondary N) is 1. The van der Waals surface area contributed by atoms with E-state index in [2.05, 4.69) is 64.5 Å². The van der Waals surface area contributed by atoms with Crippen molar-refractivity contribution in [2.45, 2.75) is 33.1 Å². The van der Waals surface area contributed by atoms with Crippen LogP contribution < -0.4 is 0 Å². The topological polar surface area (TPSA) is 20.7 Å². The maximum absolute atomic E-state index is 5.41. The summed E-state index contributed by atoms with van der Waals surface area (Å²) in [6.45, 7) is 6.52.